The molecule has 1 aromatic carbocycles. The number of alkyl carbamates (subject to hydrolysis) is 1. The molecule has 14 nitrogen and oxygen atoms in total. The number of benzene rings is 1. The molecular weight excluding hydrogens is 678 g/mol. The standard InChI is InChI=1S/C36H49N5O9S/c1-9-22-19-36(22,32(44)40-51(46,47)25-11-10-12-25)39-29(42)27-18-24(49-30-26-14-13-23(48-8)17-21(26)15-16-37-30)20-41(27)31(43)28(34(2,3)4)38-33(45)50-35(5,6)7/h9,13-17,22,24-25,27-28H,1,10-12,18-20H2,2-8H3,(H,38,45)(H,39,42)(H,40,44). The van der Waals surface area contributed by atoms with Crippen molar-refractivity contribution >= 4 is 44.6 Å². The molecule has 2 saturated carbocycles. The highest BCUT2D eigenvalue weighted by Gasteiger charge is 2.62. The van der Waals surface area contributed by atoms with E-state index in [2.05, 4.69) is 26.9 Å². The van der Waals surface area contributed by atoms with Gasteiger partial charge in [-0.05, 0) is 75.1 Å². The predicted molar refractivity (Wildman–Crippen MR) is 189 cm³/mol. The van der Waals surface area contributed by atoms with Crippen LogP contribution in [0, 0.1) is 11.3 Å². The second kappa shape index (κ2) is 14.0. The minimum Gasteiger partial charge on any atom is -0.497 e. The van der Waals surface area contributed by atoms with Gasteiger partial charge in [0.2, 0.25) is 27.7 Å². The molecule has 0 radical (unpaired) electrons. The van der Waals surface area contributed by atoms with Gasteiger partial charge in [-0.25, -0.2) is 18.2 Å². The number of nitrogens with zero attached hydrogens (tertiary/aromatic N) is 2. The number of nitrogens with one attached hydrogen (secondary N) is 3. The molecule has 51 heavy (non-hydrogen) atoms. The molecule has 4 amide bonds. The van der Waals surface area contributed by atoms with Gasteiger partial charge in [0.25, 0.3) is 5.91 Å². The summed E-state index contributed by atoms with van der Waals surface area (Å²) < 4.78 is 45.1. The Balaban J connectivity index is 1.44. The van der Waals surface area contributed by atoms with Crippen molar-refractivity contribution in [2.75, 3.05) is 13.7 Å². The van der Waals surface area contributed by atoms with E-state index in [0.29, 0.717) is 29.9 Å². The van der Waals surface area contributed by atoms with Gasteiger partial charge in [-0.1, -0.05) is 33.3 Å². The Bertz CT molecular complexity index is 1810. The maximum absolute atomic E-state index is 14.4. The molecule has 5 rings (SSSR count). The van der Waals surface area contributed by atoms with Crippen LogP contribution < -0.4 is 24.8 Å². The highest BCUT2D eigenvalue weighted by Crippen LogP contribution is 2.45. The maximum atomic E-state index is 14.4. The monoisotopic (exact) mass is 727 g/mol. The fourth-order valence-electron chi connectivity index (χ4n) is 6.44. The van der Waals surface area contributed by atoms with Crippen LogP contribution in [-0.2, 0) is 29.1 Å². The first-order chi connectivity index (χ1) is 23.8. The lowest BCUT2D eigenvalue weighted by Crippen LogP contribution is -2.60. The summed E-state index contributed by atoms with van der Waals surface area (Å²) in [6.07, 6.45) is 3.40. The summed E-state index contributed by atoms with van der Waals surface area (Å²) in [5.41, 5.74) is -3.20. The molecule has 1 saturated heterocycles. The van der Waals surface area contributed by atoms with Crippen molar-refractivity contribution in [1.82, 2.24) is 25.2 Å². The Kier molecular flexibility index (Phi) is 10.4. The maximum Gasteiger partial charge on any atom is 0.408 e. The number of pyridine rings is 1. The molecule has 5 unspecified atom stereocenters. The summed E-state index contributed by atoms with van der Waals surface area (Å²) in [6.45, 7) is 14.2. The number of rotatable bonds is 11. The lowest BCUT2D eigenvalue weighted by atomic mass is 9.85. The van der Waals surface area contributed by atoms with E-state index in [1.54, 1.807) is 60.9 Å². The Hall–Kier alpha value is -4.40. The number of carbonyl (C=O) groups is 4. The van der Waals surface area contributed by atoms with Gasteiger partial charge >= 0.3 is 6.09 Å². The van der Waals surface area contributed by atoms with Gasteiger partial charge < -0.3 is 29.7 Å². The molecule has 2 heterocycles. The molecule has 1 aliphatic heterocycles. The summed E-state index contributed by atoms with van der Waals surface area (Å²) in [5, 5.41) is 6.33. The number of fused-ring (bicyclic) bond motifs is 1. The molecule has 0 bridgehead atoms. The van der Waals surface area contributed by atoms with Crippen LogP contribution in [0.25, 0.3) is 10.8 Å². The molecule has 2 aliphatic carbocycles. The van der Waals surface area contributed by atoms with Crippen LogP contribution in [0.1, 0.15) is 73.6 Å². The smallest absolute Gasteiger partial charge is 0.408 e. The average molecular weight is 728 g/mol. The van der Waals surface area contributed by atoms with Gasteiger partial charge in [0.15, 0.2) is 0 Å². The number of aromatic nitrogens is 1. The molecule has 278 valence electrons. The molecular formula is C36H49N5O9S. The first kappa shape index (κ1) is 37.8. The predicted octanol–water partition coefficient (Wildman–Crippen LogP) is 3.59. The number of carbonyl (C=O) groups excluding carboxylic acids is 4. The van der Waals surface area contributed by atoms with Crippen molar-refractivity contribution in [2.45, 2.75) is 108 Å². The summed E-state index contributed by atoms with van der Waals surface area (Å²) in [4.78, 5) is 60.9. The molecule has 0 spiro atoms. The summed E-state index contributed by atoms with van der Waals surface area (Å²) in [7, 11) is -2.36. The van der Waals surface area contributed by atoms with Gasteiger partial charge in [0.1, 0.15) is 35.1 Å². The Morgan fingerprint density at radius 1 is 1.10 bits per heavy atom. The molecule has 15 heteroatoms. The van der Waals surface area contributed by atoms with E-state index in [1.165, 1.54) is 11.0 Å². The van der Waals surface area contributed by atoms with E-state index < -0.39 is 79.7 Å². The fourth-order valence-corrected chi connectivity index (χ4v) is 8.00. The second-order valence-electron chi connectivity index (χ2n) is 15.7. The summed E-state index contributed by atoms with van der Waals surface area (Å²) in [6, 6.07) is 4.96. The number of ether oxygens (including phenoxy) is 3. The number of likely N-dealkylation sites (tertiary alicyclic amines) is 1. The van der Waals surface area contributed by atoms with Gasteiger partial charge in [-0.3, -0.25) is 19.1 Å². The molecule has 3 N–H and O–H groups in total. The van der Waals surface area contributed by atoms with Gasteiger partial charge in [-0.2, -0.15) is 0 Å². The normalized spacial score (nSPS) is 24.1. The van der Waals surface area contributed by atoms with Crippen LogP contribution in [0.5, 0.6) is 11.6 Å². The highest BCUT2D eigenvalue weighted by atomic mass is 32.2. The van der Waals surface area contributed by atoms with Crippen LogP contribution in [0.3, 0.4) is 0 Å². The third kappa shape index (κ3) is 8.23. The van der Waals surface area contributed by atoms with Crippen molar-refractivity contribution < 1.29 is 41.8 Å². The SMILES string of the molecule is C=CC1CC1(NC(=O)C1CC(Oc2nccc3cc(OC)ccc23)CN1C(=O)C(NC(=O)OC(C)(C)C)C(C)(C)C)C(=O)NS(=O)(=O)C1CCC1. The second-order valence-corrected chi connectivity index (χ2v) is 17.6. The van der Waals surface area contributed by atoms with Gasteiger partial charge in [0.05, 0.1) is 18.9 Å². The molecule has 5 atom stereocenters. The summed E-state index contributed by atoms with van der Waals surface area (Å²) in [5.74, 6) is -1.66. The highest BCUT2D eigenvalue weighted by molar-refractivity contribution is 7.90. The topological polar surface area (TPSA) is 182 Å². The van der Waals surface area contributed by atoms with Crippen molar-refractivity contribution in [1.29, 1.82) is 0 Å². The first-order valence-corrected chi connectivity index (χ1v) is 18.7. The Morgan fingerprint density at radius 3 is 2.37 bits per heavy atom. The molecule has 3 aliphatic rings. The third-order valence-corrected chi connectivity index (χ3v) is 11.4. The summed E-state index contributed by atoms with van der Waals surface area (Å²) >= 11 is 0. The van der Waals surface area contributed by atoms with Crippen molar-refractivity contribution in [3.05, 3.63) is 43.1 Å². The van der Waals surface area contributed by atoms with Gasteiger partial charge in [0, 0.05) is 23.9 Å². The number of hydrogen-bond donors (Lipinski definition) is 3. The van der Waals surface area contributed by atoms with E-state index in [9.17, 15) is 27.6 Å². The van der Waals surface area contributed by atoms with Crippen LogP contribution in [-0.4, -0.2) is 90.3 Å². The fraction of sp³-hybridized carbons (Fsp3) is 0.583. The minimum absolute atomic E-state index is 0.0198. The van der Waals surface area contributed by atoms with E-state index in [4.69, 9.17) is 14.2 Å². The average Bonchev–Trinajstić information content (AvgIpc) is 3.55. The molecule has 3 fully saturated rings. The molecule has 2 aromatic rings. The van der Waals surface area contributed by atoms with Crippen LogP contribution in [0.15, 0.2) is 43.1 Å². The third-order valence-electron chi connectivity index (χ3n) is 9.61. The number of hydrogen-bond acceptors (Lipinski definition) is 10. The Labute approximate surface area is 299 Å². The minimum atomic E-state index is -3.93. The Morgan fingerprint density at radius 2 is 1.80 bits per heavy atom. The zero-order chi connectivity index (χ0) is 37.5. The quantitative estimate of drug-likeness (QED) is 0.290. The van der Waals surface area contributed by atoms with Crippen molar-refractivity contribution in [3.63, 3.8) is 0 Å². The largest absolute Gasteiger partial charge is 0.497 e. The molecule has 1 aromatic heterocycles. The van der Waals surface area contributed by atoms with Crippen LogP contribution in [0.2, 0.25) is 0 Å². The number of amides is 4. The zero-order valence-corrected chi connectivity index (χ0v) is 31.1. The van der Waals surface area contributed by atoms with E-state index in [1.807, 2.05) is 18.2 Å². The van der Waals surface area contributed by atoms with E-state index >= 15 is 0 Å². The zero-order valence-electron chi connectivity index (χ0n) is 30.3. The first-order valence-electron chi connectivity index (χ1n) is 17.2. The lowest BCUT2D eigenvalue weighted by Gasteiger charge is -2.36. The number of sulfonamides is 1. The lowest BCUT2D eigenvalue weighted by molar-refractivity contribution is -0.143. The van der Waals surface area contributed by atoms with Crippen LogP contribution >= 0.6 is 0 Å². The van der Waals surface area contributed by atoms with Crippen molar-refractivity contribution in [3.8, 4) is 11.6 Å². The van der Waals surface area contributed by atoms with E-state index in [0.717, 1.165) is 11.8 Å². The van der Waals surface area contributed by atoms with Crippen LogP contribution in [0.4, 0.5) is 4.79 Å². The van der Waals surface area contributed by atoms with Gasteiger partial charge in [-0.15, -0.1) is 6.58 Å². The van der Waals surface area contributed by atoms with Crippen molar-refractivity contribution in [2.24, 2.45) is 11.3 Å². The van der Waals surface area contributed by atoms with E-state index in [-0.39, 0.29) is 19.4 Å². The number of methoxy groups -OCH3 is 1.